The Labute approximate surface area is 225 Å². The highest BCUT2D eigenvalue weighted by atomic mass is 19.1. The Balaban J connectivity index is 1.10. The van der Waals surface area contributed by atoms with Crippen LogP contribution in [-0.2, 0) is 24.4 Å². The molecule has 0 amide bonds. The average molecular weight is 531 g/mol. The van der Waals surface area contributed by atoms with Gasteiger partial charge in [-0.1, -0.05) is 12.6 Å². The molecular weight excluding hydrogens is 502 g/mol. The first-order valence-corrected chi connectivity index (χ1v) is 13.2. The summed E-state index contributed by atoms with van der Waals surface area (Å²) in [6, 6.07) is 10.9. The number of hydrogen-bond acceptors (Lipinski definition) is 6. The highest BCUT2D eigenvalue weighted by molar-refractivity contribution is 5.78. The predicted molar refractivity (Wildman–Crippen MR) is 140 cm³/mol. The summed E-state index contributed by atoms with van der Waals surface area (Å²) >= 11 is 0. The van der Waals surface area contributed by atoms with Gasteiger partial charge in [0.1, 0.15) is 35.8 Å². The Morgan fingerprint density at radius 1 is 1.08 bits per heavy atom. The number of fused-ring (bicyclic) bond motifs is 1. The van der Waals surface area contributed by atoms with Crippen LogP contribution in [0.3, 0.4) is 0 Å². The SMILES string of the molecule is [C-]#[N+]c1cc2nc(CN3CCC(c4cccc(OCc5ccc(F)cc5F)n4)CC3)n(C[C@@H]3CCO3)c2cn1. The van der Waals surface area contributed by atoms with Gasteiger partial charge in [-0.25, -0.2) is 18.7 Å². The molecule has 2 saturated heterocycles. The maximum atomic E-state index is 13.9. The number of rotatable bonds is 8. The lowest BCUT2D eigenvalue weighted by Crippen LogP contribution is -2.35. The Kier molecular flexibility index (Phi) is 7.18. The van der Waals surface area contributed by atoms with Crippen molar-refractivity contribution in [3.63, 3.8) is 0 Å². The third-order valence-electron chi connectivity index (χ3n) is 7.50. The van der Waals surface area contributed by atoms with Crippen molar-refractivity contribution >= 4 is 16.9 Å². The quantitative estimate of drug-likeness (QED) is 0.284. The van der Waals surface area contributed by atoms with E-state index in [4.69, 9.17) is 21.0 Å². The minimum absolute atomic E-state index is 0.0131. The molecule has 0 saturated carbocycles. The maximum Gasteiger partial charge on any atom is 0.271 e. The number of aromatic nitrogens is 4. The molecule has 10 heteroatoms. The largest absolute Gasteiger partial charge is 0.473 e. The molecule has 0 bridgehead atoms. The van der Waals surface area contributed by atoms with Crippen molar-refractivity contribution < 1.29 is 18.3 Å². The van der Waals surface area contributed by atoms with Crippen molar-refractivity contribution in [2.75, 3.05) is 19.7 Å². The van der Waals surface area contributed by atoms with E-state index in [9.17, 15) is 8.78 Å². The lowest BCUT2D eigenvalue weighted by Gasteiger charge is -2.32. The highest BCUT2D eigenvalue weighted by Gasteiger charge is 2.26. The van der Waals surface area contributed by atoms with Crippen LogP contribution in [0.25, 0.3) is 15.9 Å². The second-order valence-electron chi connectivity index (χ2n) is 10.0. The highest BCUT2D eigenvalue weighted by Crippen LogP contribution is 2.30. The van der Waals surface area contributed by atoms with Gasteiger partial charge in [-0.2, -0.15) is 0 Å². The summed E-state index contributed by atoms with van der Waals surface area (Å²) in [5.41, 5.74) is 2.97. The van der Waals surface area contributed by atoms with Crippen molar-refractivity contribution in [3.8, 4) is 5.88 Å². The molecule has 200 valence electrons. The van der Waals surface area contributed by atoms with Gasteiger partial charge in [0, 0.05) is 35.9 Å². The van der Waals surface area contributed by atoms with E-state index in [-0.39, 0.29) is 18.3 Å². The van der Waals surface area contributed by atoms with Crippen LogP contribution < -0.4 is 4.74 Å². The zero-order chi connectivity index (χ0) is 26.8. The van der Waals surface area contributed by atoms with E-state index in [1.165, 1.54) is 12.1 Å². The summed E-state index contributed by atoms with van der Waals surface area (Å²) in [6.45, 7) is 11.3. The minimum Gasteiger partial charge on any atom is -0.473 e. The van der Waals surface area contributed by atoms with E-state index in [0.29, 0.717) is 24.2 Å². The van der Waals surface area contributed by atoms with Crippen LogP contribution in [-0.4, -0.2) is 50.2 Å². The number of nitrogens with zero attached hydrogens (tertiary/aromatic N) is 6. The predicted octanol–water partition coefficient (Wildman–Crippen LogP) is 5.40. The number of likely N-dealkylation sites (tertiary alicyclic amines) is 1. The van der Waals surface area contributed by atoms with Crippen molar-refractivity contribution in [2.45, 2.75) is 51.0 Å². The van der Waals surface area contributed by atoms with Crippen LogP contribution >= 0.6 is 0 Å². The van der Waals surface area contributed by atoms with E-state index in [1.807, 2.05) is 12.1 Å². The molecule has 8 nitrogen and oxygen atoms in total. The van der Waals surface area contributed by atoms with Crippen LogP contribution in [0, 0.1) is 18.2 Å². The van der Waals surface area contributed by atoms with Gasteiger partial charge < -0.3 is 18.9 Å². The van der Waals surface area contributed by atoms with Crippen LogP contribution in [0.2, 0.25) is 0 Å². The van der Waals surface area contributed by atoms with Crippen LogP contribution in [0.5, 0.6) is 5.88 Å². The van der Waals surface area contributed by atoms with Gasteiger partial charge in [0.25, 0.3) is 5.82 Å². The Bertz CT molecular complexity index is 1520. The number of pyridine rings is 2. The molecule has 1 atom stereocenters. The topological polar surface area (TPSA) is 69.7 Å². The van der Waals surface area contributed by atoms with Gasteiger partial charge in [-0.3, -0.25) is 4.90 Å². The Morgan fingerprint density at radius 2 is 1.92 bits per heavy atom. The molecular formula is C29H28F2N6O2. The van der Waals surface area contributed by atoms with Gasteiger partial charge in [0.05, 0.1) is 24.7 Å². The van der Waals surface area contributed by atoms with Gasteiger partial charge in [-0.15, -0.1) is 4.98 Å². The number of imidazole rings is 1. The van der Waals surface area contributed by atoms with E-state index in [1.54, 1.807) is 18.3 Å². The molecule has 39 heavy (non-hydrogen) atoms. The van der Waals surface area contributed by atoms with Gasteiger partial charge in [-0.05, 0) is 56.6 Å². The molecule has 0 aliphatic carbocycles. The molecule has 4 aromatic rings. The lowest BCUT2D eigenvalue weighted by atomic mass is 9.93. The van der Waals surface area contributed by atoms with E-state index in [0.717, 1.165) is 74.1 Å². The first-order valence-electron chi connectivity index (χ1n) is 13.2. The second-order valence-corrected chi connectivity index (χ2v) is 10.0. The fourth-order valence-corrected chi connectivity index (χ4v) is 5.20. The van der Waals surface area contributed by atoms with Crippen LogP contribution in [0.4, 0.5) is 14.6 Å². The zero-order valence-electron chi connectivity index (χ0n) is 21.4. The van der Waals surface area contributed by atoms with Gasteiger partial charge in [0.15, 0.2) is 0 Å². The molecule has 0 N–H and O–H groups in total. The maximum absolute atomic E-state index is 13.9. The fourth-order valence-electron chi connectivity index (χ4n) is 5.20. The molecule has 6 rings (SSSR count). The summed E-state index contributed by atoms with van der Waals surface area (Å²) in [6.07, 6.45) is 4.85. The Morgan fingerprint density at radius 3 is 2.67 bits per heavy atom. The Hall–Kier alpha value is -3.94. The third-order valence-corrected chi connectivity index (χ3v) is 7.50. The first-order chi connectivity index (χ1) is 19.1. The summed E-state index contributed by atoms with van der Waals surface area (Å²) in [4.78, 5) is 19.7. The monoisotopic (exact) mass is 530 g/mol. The van der Waals surface area contributed by atoms with Gasteiger partial charge >= 0.3 is 0 Å². The molecule has 0 radical (unpaired) electrons. The van der Waals surface area contributed by atoms with E-state index < -0.39 is 11.6 Å². The number of hydrogen-bond donors (Lipinski definition) is 0. The summed E-state index contributed by atoms with van der Waals surface area (Å²) < 4.78 is 40.7. The van der Waals surface area contributed by atoms with Crippen LogP contribution in [0.15, 0.2) is 48.7 Å². The molecule has 3 aromatic heterocycles. The van der Waals surface area contributed by atoms with Crippen molar-refractivity contribution in [3.05, 3.63) is 88.8 Å². The number of benzene rings is 1. The molecule has 2 aliphatic heterocycles. The average Bonchev–Trinajstić information content (AvgIpc) is 3.26. The van der Waals surface area contributed by atoms with Crippen LogP contribution in [0.1, 0.15) is 42.3 Å². The van der Waals surface area contributed by atoms with E-state index >= 15 is 0 Å². The van der Waals surface area contributed by atoms with Gasteiger partial charge in [0.2, 0.25) is 5.88 Å². The minimum atomic E-state index is -0.629. The molecule has 1 aromatic carbocycles. The number of halogens is 2. The van der Waals surface area contributed by atoms with Crippen molar-refractivity contribution in [1.29, 1.82) is 0 Å². The normalized spacial score (nSPS) is 18.1. The molecule has 0 unspecified atom stereocenters. The molecule has 0 spiro atoms. The second kappa shape index (κ2) is 11.0. The number of ether oxygens (including phenoxy) is 2. The zero-order valence-corrected chi connectivity index (χ0v) is 21.4. The fraction of sp³-hybridized carbons (Fsp3) is 0.379. The summed E-state index contributed by atoms with van der Waals surface area (Å²) in [7, 11) is 0. The molecule has 2 fully saturated rings. The summed E-state index contributed by atoms with van der Waals surface area (Å²) in [5, 5.41) is 0. The van der Waals surface area contributed by atoms with Crippen molar-refractivity contribution in [2.24, 2.45) is 0 Å². The van der Waals surface area contributed by atoms with E-state index in [2.05, 4.69) is 24.3 Å². The molecule has 5 heterocycles. The first kappa shape index (κ1) is 25.3. The standard InChI is InChI=1S/C29H28F2N6O2/c1-32-27-14-25-26(15-33-27)37(16-22-9-12-38-22)28(34-25)17-36-10-7-19(8-11-36)24-3-2-4-29(35-24)39-18-20-5-6-21(30)13-23(20)31/h2-6,13-15,19,22H,7-12,16-18H2/t22-/m0/s1. The smallest absolute Gasteiger partial charge is 0.271 e. The molecule has 2 aliphatic rings. The lowest BCUT2D eigenvalue weighted by molar-refractivity contribution is -0.0592. The third kappa shape index (κ3) is 5.60. The number of piperidine rings is 1. The summed E-state index contributed by atoms with van der Waals surface area (Å²) in [5.74, 6) is 0.789. The van der Waals surface area contributed by atoms with Crippen molar-refractivity contribution in [1.82, 2.24) is 24.4 Å².